The van der Waals surface area contributed by atoms with Gasteiger partial charge in [0.05, 0.1) is 18.6 Å². The maximum absolute atomic E-state index is 11.4. The highest BCUT2D eigenvalue weighted by Gasteiger charge is 2.13. The summed E-state index contributed by atoms with van der Waals surface area (Å²) in [6.07, 6.45) is 3.99. The summed E-state index contributed by atoms with van der Waals surface area (Å²) in [5, 5.41) is 13.7. The number of anilines is 1. The van der Waals surface area contributed by atoms with E-state index in [4.69, 9.17) is 9.15 Å². The summed E-state index contributed by atoms with van der Waals surface area (Å²) in [5.41, 5.74) is 3.62. The third kappa shape index (κ3) is 4.25. The molecular weight excluding hydrogens is 382 g/mol. The number of carboxylic acids is 1. The van der Waals surface area contributed by atoms with Gasteiger partial charge in [0.1, 0.15) is 29.0 Å². The van der Waals surface area contributed by atoms with Gasteiger partial charge >= 0.3 is 5.97 Å². The van der Waals surface area contributed by atoms with E-state index in [0.717, 1.165) is 23.0 Å². The number of furan rings is 1. The van der Waals surface area contributed by atoms with Gasteiger partial charge in [0, 0.05) is 23.6 Å². The fourth-order valence-corrected chi connectivity index (χ4v) is 3.23. The van der Waals surface area contributed by atoms with E-state index in [2.05, 4.69) is 21.4 Å². The Morgan fingerprint density at radius 2 is 2.03 bits per heavy atom. The molecule has 2 aromatic carbocycles. The summed E-state index contributed by atoms with van der Waals surface area (Å²) in [7, 11) is 0. The Balaban J connectivity index is 1.47. The first-order valence-corrected chi connectivity index (χ1v) is 9.66. The number of fused-ring (bicyclic) bond motifs is 1. The zero-order valence-corrected chi connectivity index (χ0v) is 16.5. The van der Waals surface area contributed by atoms with Crippen LogP contribution in [-0.4, -0.2) is 34.2 Å². The van der Waals surface area contributed by atoms with Crippen molar-refractivity contribution in [1.29, 1.82) is 0 Å². The summed E-state index contributed by atoms with van der Waals surface area (Å²) < 4.78 is 10.9. The average molecular weight is 403 g/mol. The second-order valence-electron chi connectivity index (χ2n) is 6.71. The van der Waals surface area contributed by atoms with Crippen LogP contribution in [0.1, 0.15) is 22.8 Å². The molecule has 0 amide bonds. The molecule has 4 aromatic rings. The molecule has 0 aliphatic rings. The standard InChI is InChI=1S/C23H21N3O4/c1-2-29-21-12-17(5-6-18(21)23(27)28)19-13-22(26-14-25-19)24-9-7-15-3-4-16-8-10-30-20(16)11-15/h3-6,8,10-14H,2,7,9H2,1H3,(H,27,28)(H,24,25,26). The molecule has 0 saturated carbocycles. The van der Waals surface area contributed by atoms with Crippen LogP contribution in [0.2, 0.25) is 0 Å². The number of rotatable bonds is 8. The fraction of sp³-hybridized carbons (Fsp3) is 0.174. The van der Waals surface area contributed by atoms with Crippen molar-refractivity contribution in [3.05, 3.63) is 72.2 Å². The van der Waals surface area contributed by atoms with Crippen molar-refractivity contribution in [2.75, 3.05) is 18.5 Å². The first-order valence-electron chi connectivity index (χ1n) is 9.66. The molecule has 30 heavy (non-hydrogen) atoms. The molecule has 0 atom stereocenters. The second kappa shape index (κ2) is 8.65. The molecule has 0 saturated heterocycles. The van der Waals surface area contributed by atoms with Crippen molar-refractivity contribution in [3.8, 4) is 17.0 Å². The van der Waals surface area contributed by atoms with Crippen molar-refractivity contribution >= 4 is 22.8 Å². The molecule has 0 aliphatic carbocycles. The highest BCUT2D eigenvalue weighted by atomic mass is 16.5. The second-order valence-corrected chi connectivity index (χ2v) is 6.71. The predicted octanol–water partition coefficient (Wildman–Crippen LogP) is 4.64. The highest BCUT2D eigenvalue weighted by Crippen LogP contribution is 2.27. The fourth-order valence-electron chi connectivity index (χ4n) is 3.23. The molecule has 2 aromatic heterocycles. The van der Waals surface area contributed by atoms with E-state index < -0.39 is 5.97 Å². The van der Waals surface area contributed by atoms with Crippen LogP contribution in [0.5, 0.6) is 5.75 Å². The van der Waals surface area contributed by atoms with Crippen LogP contribution in [0.3, 0.4) is 0 Å². The quantitative estimate of drug-likeness (QED) is 0.442. The Hall–Kier alpha value is -3.87. The summed E-state index contributed by atoms with van der Waals surface area (Å²) in [6, 6.07) is 14.9. The first kappa shape index (κ1) is 19.4. The van der Waals surface area contributed by atoms with E-state index in [0.29, 0.717) is 30.4 Å². The molecule has 7 nitrogen and oxygen atoms in total. The van der Waals surface area contributed by atoms with Crippen molar-refractivity contribution in [3.63, 3.8) is 0 Å². The lowest BCUT2D eigenvalue weighted by atomic mass is 10.1. The minimum Gasteiger partial charge on any atom is -0.493 e. The maximum Gasteiger partial charge on any atom is 0.339 e. The summed E-state index contributed by atoms with van der Waals surface area (Å²) in [5.74, 6) is -0.00827. The van der Waals surface area contributed by atoms with Gasteiger partial charge in [-0.05, 0) is 43.2 Å². The van der Waals surface area contributed by atoms with Crippen LogP contribution < -0.4 is 10.1 Å². The zero-order chi connectivity index (χ0) is 20.9. The Morgan fingerprint density at radius 1 is 1.13 bits per heavy atom. The molecule has 0 fully saturated rings. The molecule has 2 heterocycles. The lowest BCUT2D eigenvalue weighted by Gasteiger charge is -2.10. The average Bonchev–Trinajstić information content (AvgIpc) is 3.22. The molecule has 152 valence electrons. The SMILES string of the molecule is CCOc1cc(-c2cc(NCCc3ccc4ccoc4c3)ncn2)ccc1C(=O)O. The Kier molecular flexibility index (Phi) is 5.61. The van der Waals surface area contributed by atoms with Gasteiger partial charge in [0.15, 0.2) is 0 Å². The number of hydrogen-bond donors (Lipinski definition) is 2. The largest absolute Gasteiger partial charge is 0.493 e. The van der Waals surface area contributed by atoms with Gasteiger partial charge in [-0.25, -0.2) is 14.8 Å². The van der Waals surface area contributed by atoms with E-state index in [9.17, 15) is 9.90 Å². The Bertz CT molecular complexity index is 1190. The summed E-state index contributed by atoms with van der Waals surface area (Å²) >= 11 is 0. The van der Waals surface area contributed by atoms with Gasteiger partial charge < -0.3 is 19.6 Å². The van der Waals surface area contributed by atoms with Gasteiger partial charge in [-0.2, -0.15) is 0 Å². The number of ether oxygens (including phenoxy) is 1. The highest BCUT2D eigenvalue weighted by molar-refractivity contribution is 5.91. The molecule has 0 radical (unpaired) electrons. The van der Waals surface area contributed by atoms with Crippen LogP contribution in [0, 0.1) is 0 Å². The number of carbonyl (C=O) groups is 1. The van der Waals surface area contributed by atoms with Crippen LogP contribution >= 0.6 is 0 Å². The Labute approximate surface area is 173 Å². The van der Waals surface area contributed by atoms with Gasteiger partial charge in [0.25, 0.3) is 0 Å². The number of nitrogens with zero attached hydrogens (tertiary/aromatic N) is 2. The summed E-state index contributed by atoms with van der Waals surface area (Å²) in [6.45, 7) is 2.89. The van der Waals surface area contributed by atoms with Crippen molar-refractivity contribution in [1.82, 2.24) is 9.97 Å². The van der Waals surface area contributed by atoms with Crippen molar-refractivity contribution in [2.24, 2.45) is 0 Å². The smallest absolute Gasteiger partial charge is 0.339 e. The van der Waals surface area contributed by atoms with Gasteiger partial charge in [0.2, 0.25) is 0 Å². The van der Waals surface area contributed by atoms with Crippen LogP contribution in [0.15, 0.2) is 65.5 Å². The van der Waals surface area contributed by atoms with Crippen molar-refractivity contribution < 1.29 is 19.1 Å². The number of aromatic nitrogens is 2. The minimum atomic E-state index is -1.03. The molecular formula is C23H21N3O4. The van der Waals surface area contributed by atoms with E-state index >= 15 is 0 Å². The van der Waals surface area contributed by atoms with E-state index in [1.165, 1.54) is 18.0 Å². The van der Waals surface area contributed by atoms with Gasteiger partial charge in [-0.15, -0.1) is 0 Å². The van der Waals surface area contributed by atoms with E-state index in [-0.39, 0.29) is 5.56 Å². The van der Waals surface area contributed by atoms with Crippen LogP contribution in [-0.2, 0) is 6.42 Å². The predicted molar refractivity (Wildman–Crippen MR) is 114 cm³/mol. The molecule has 0 unspecified atom stereocenters. The number of benzene rings is 2. The lowest BCUT2D eigenvalue weighted by Crippen LogP contribution is -2.07. The van der Waals surface area contributed by atoms with E-state index in [1.54, 1.807) is 18.4 Å². The number of nitrogens with one attached hydrogen (secondary N) is 1. The maximum atomic E-state index is 11.4. The monoisotopic (exact) mass is 403 g/mol. The first-order chi connectivity index (χ1) is 14.6. The van der Waals surface area contributed by atoms with Crippen LogP contribution in [0.25, 0.3) is 22.2 Å². The normalized spacial score (nSPS) is 10.8. The van der Waals surface area contributed by atoms with Gasteiger partial charge in [-0.1, -0.05) is 18.2 Å². The van der Waals surface area contributed by atoms with Crippen molar-refractivity contribution in [2.45, 2.75) is 13.3 Å². The number of carboxylic acid groups (broad SMARTS) is 1. The molecule has 0 spiro atoms. The number of aromatic carboxylic acids is 1. The topological polar surface area (TPSA) is 97.5 Å². The summed E-state index contributed by atoms with van der Waals surface area (Å²) in [4.78, 5) is 20.0. The minimum absolute atomic E-state index is 0.126. The van der Waals surface area contributed by atoms with Crippen LogP contribution in [0.4, 0.5) is 5.82 Å². The molecule has 0 aliphatic heterocycles. The third-order valence-electron chi connectivity index (χ3n) is 4.72. The molecule has 7 heteroatoms. The van der Waals surface area contributed by atoms with E-state index in [1.807, 2.05) is 31.2 Å². The Morgan fingerprint density at radius 3 is 2.87 bits per heavy atom. The molecule has 0 bridgehead atoms. The lowest BCUT2D eigenvalue weighted by molar-refractivity contribution is 0.0692. The molecule has 4 rings (SSSR count). The number of hydrogen-bond acceptors (Lipinski definition) is 6. The molecule has 2 N–H and O–H groups in total. The van der Waals surface area contributed by atoms with Gasteiger partial charge in [-0.3, -0.25) is 0 Å². The third-order valence-corrected chi connectivity index (χ3v) is 4.72. The zero-order valence-electron chi connectivity index (χ0n) is 16.5.